The Labute approximate surface area is 159 Å². The van der Waals surface area contributed by atoms with Gasteiger partial charge in [0.2, 0.25) is 0 Å². The molecule has 0 atom stereocenters. The summed E-state index contributed by atoms with van der Waals surface area (Å²) >= 11 is 1.33. The van der Waals surface area contributed by atoms with Crippen molar-refractivity contribution in [3.8, 4) is 11.5 Å². The highest BCUT2D eigenvalue weighted by Gasteiger charge is 2.16. The number of halogens is 1. The fraction of sp³-hybridized carbons (Fsp3) is 0.263. The van der Waals surface area contributed by atoms with Crippen molar-refractivity contribution in [2.45, 2.75) is 6.42 Å². The molecule has 27 heavy (non-hydrogen) atoms. The van der Waals surface area contributed by atoms with E-state index in [-0.39, 0.29) is 5.56 Å². The summed E-state index contributed by atoms with van der Waals surface area (Å²) in [6.45, 7) is 1.20. The number of ether oxygens (including phenoxy) is 2. The van der Waals surface area contributed by atoms with Crippen molar-refractivity contribution in [3.63, 3.8) is 0 Å². The summed E-state index contributed by atoms with van der Waals surface area (Å²) in [7, 11) is 3.49. The van der Waals surface area contributed by atoms with Gasteiger partial charge in [0.1, 0.15) is 5.82 Å². The lowest BCUT2D eigenvalue weighted by atomic mass is 10.2. The number of thiazole rings is 1. The summed E-state index contributed by atoms with van der Waals surface area (Å²) in [5.41, 5.74) is 1.38. The second-order valence-electron chi connectivity index (χ2n) is 6.35. The van der Waals surface area contributed by atoms with Crippen molar-refractivity contribution in [1.29, 1.82) is 0 Å². The van der Waals surface area contributed by atoms with Gasteiger partial charge in [-0.15, -0.1) is 0 Å². The number of nitrogens with one attached hydrogen (secondary N) is 1. The highest BCUT2D eigenvalue weighted by atomic mass is 32.1. The summed E-state index contributed by atoms with van der Waals surface area (Å²) in [6, 6.07) is 8.07. The average Bonchev–Trinajstić information content (AvgIpc) is 2.86. The highest BCUT2D eigenvalue weighted by molar-refractivity contribution is 7.22. The summed E-state index contributed by atoms with van der Waals surface area (Å²) in [6.07, 6.45) is 0.834. The molecule has 8 heteroatoms. The number of nitrogens with zero attached hydrogens (tertiary/aromatic N) is 2. The topological polar surface area (TPSA) is 63.7 Å². The van der Waals surface area contributed by atoms with Crippen LogP contribution in [0.4, 0.5) is 15.2 Å². The van der Waals surface area contributed by atoms with E-state index >= 15 is 0 Å². The third kappa shape index (κ3) is 3.52. The van der Waals surface area contributed by atoms with Gasteiger partial charge in [-0.2, -0.15) is 0 Å². The van der Waals surface area contributed by atoms with Gasteiger partial charge in [-0.1, -0.05) is 11.3 Å². The minimum atomic E-state index is -0.449. The molecule has 0 unspecified atom stereocenters. The number of carbonyl (C=O) groups excluding carboxylic acids is 1. The van der Waals surface area contributed by atoms with Crippen LogP contribution in [0.2, 0.25) is 0 Å². The smallest absolute Gasteiger partial charge is 0.257 e. The molecule has 0 fully saturated rings. The summed E-state index contributed by atoms with van der Waals surface area (Å²) < 4.78 is 26.3. The van der Waals surface area contributed by atoms with Crippen molar-refractivity contribution in [2.75, 3.05) is 37.5 Å². The van der Waals surface area contributed by atoms with E-state index in [1.165, 1.54) is 17.4 Å². The maximum atomic E-state index is 14.1. The second-order valence-corrected chi connectivity index (χ2v) is 7.38. The fourth-order valence-electron chi connectivity index (χ4n) is 2.82. The lowest BCUT2D eigenvalue weighted by Gasteiger charge is -2.13. The molecule has 6 nitrogen and oxygen atoms in total. The molecule has 0 aliphatic carbocycles. The van der Waals surface area contributed by atoms with Gasteiger partial charge in [0.25, 0.3) is 5.91 Å². The largest absolute Gasteiger partial charge is 0.490 e. The molecule has 140 valence electrons. The standard InChI is InChI=1S/C19H18FN3O3S/c1-23(2)14-5-4-11(8-12(14)20)18(24)22-19-21-13-9-15-16(10-17(13)27-19)26-7-3-6-25-15/h4-5,8-10H,3,6-7H2,1-2H3,(H,21,22,24). The van der Waals surface area contributed by atoms with Gasteiger partial charge in [0.15, 0.2) is 16.6 Å². The molecule has 0 radical (unpaired) electrons. The number of rotatable bonds is 3. The zero-order chi connectivity index (χ0) is 19.0. The fourth-order valence-corrected chi connectivity index (χ4v) is 3.69. The first-order valence-electron chi connectivity index (χ1n) is 8.49. The zero-order valence-corrected chi connectivity index (χ0v) is 15.7. The quantitative estimate of drug-likeness (QED) is 0.738. The van der Waals surface area contributed by atoms with Crippen LogP contribution in [0.15, 0.2) is 30.3 Å². The van der Waals surface area contributed by atoms with Crippen LogP contribution in [0.1, 0.15) is 16.8 Å². The van der Waals surface area contributed by atoms with Crippen molar-refractivity contribution in [2.24, 2.45) is 0 Å². The van der Waals surface area contributed by atoms with Crippen LogP contribution in [0, 0.1) is 5.82 Å². The van der Waals surface area contributed by atoms with Gasteiger partial charge in [-0.05, 0) is 18.2 Å². The van der Waals surface area contributed by atoms with Crippen molar-refractivity contribution >= 4 is 38.3 Å². The Morgan fingerprint density at radius 2 is 1.93 bits per heavy atom. The van der Waals surface area contributed by atoms with E-state index < -0.39 is 11.7 Å². The first-order chi connectivity index (χ1) is 13.0. The lowest BCUT2D eigenvalue weighted by molar-refractivity contribution is 0.102. The monoisotopic (exact) mass is 387 g/mol. The first kappa shape index (κ1) is 17.5. The number of fused-ring (bicyclic) bond motifs is 2. The number of carbonyl (C=O) groups is 1. The molecule has 0 spiro atoms. The van der Waals surface area contributed by atoms with Gasteiger partial charge in [-0.3, -0.25) is 10.1 Å². The lowest BCUT2D eigenvalue weighted by Crippen LogP contribution is -2.14. The number of anilines is 2. The van der Waals surface area contributed by atoms with Gasteiger partial charge in [-0.25, -0.2) is 9.37 Å². The number of benzene rings is 2. The van der Waals surface area contributed by atoms with E-state index in [1.807, 2.05) is 12.1 Å². The van der Waals surface area contributed by atoms with Crippen LogP contribution < -0.4 is 19.7 Å². The Hall–Kier alpha value is -2.87. The molecular formula is C19H18FN3O3S. The van der Waals surface area contributed by atoms with Crippen LogP contribution in [0.3, 0.4) is 0 Å². The normalized spacial score (nSPS) is 13.3. The molecule has 1 aliphatic heterocycles. The third-order valence-electron chi connectivity index (χ3n) is 4.17. The molecular weight excluding hydrogens is 369 g/mol. The number of amides is 1. The van der Waals surface area contributed by atoms with Crippen LogP contribution in [0.5, 0.6) is 11.5 Å². The molecule has 1 N–H and O–H groups in total. The number of hydrogen-bond donors (Lipinski definition) is 1. The Balaban J connectivity index is 1.58. The van der Waals surface area contributed by atoms with Crippen LogP contribution in [-0.2, 0) is 0 Å². The van der Waals surface area contributed by atoms with E-state index in [2.05, 4.69) is 10.3 Å². The average molecular weight is 387 g/mol. The second kappa shape index (κ2) is 7.03. The molecule has 1 aromatic heterocycles. The highest BCUT2D eigenvalue weighted by Crippen LogP contribution is 2.37. The van der Waals surface area contributed by atoms with E-state index in [4.69, 9.17) is 9.47 Å². The Bertz CT molecular complexity index is 976. The molecule has 0 saturated carbocycles. The summed E-state index contributed by atoms with van der Waals surface area (Å²) in [5, 5.41) is 3.17. The molecule has 1 aliphatic rings. The molecule has 3 aromatic rings. The predicted octanol–water partition coefficient (Wildman–Crippen LogP) is 3.92. The van der Waals surface area contributed by atoms with Gasteiger partial charge < -0.3 is 14.4 Å². The Kier molecular flexibility index (Phi) is 4.57. The molecule has 2 aromatic carbocycles. The van der Waals surface area contributed by atoms with E-state index in [0.29, 0.717) is 41.0 Å². The Morgan fingerprint density at radius 1 is 1.19 bits per heavy atom. The maximum absolute atomic E-state index is 14.1. The minimum Gasteiger partial charge on any atom is -0.490 e. The molecule has 2 heterocycles. The van der Waals surface area contributed by atoms with Crippen LogP contribution in [0.25, 0.3) is 10.2 Å². The SMILES string of the molecule is CN(C)c1ccc(C(=O)Nc2nc3cc4c(cc3s2)OCCCO4)cc1F. The molecule has 0 saturated heterocycles. The number of hydrogen-bond acceptors (Lipinski definition) is 6. The third-order valence-corrected chi connectivity index (χ3v) is 5.10. The Morgan fingerprint density at radius 3 is 2.63 bits per heavy atom. The van der Waals surface area contributed by atoms with Crippen LogP contribution in [-0.4, -0.2) is 38.2 Å². The van der Waals surface area contributed by atoms with Crippen molar-refractivity contribution in [3.05, 3.63) is 41.7 Å². The van der Waals surface area contributed by atoms with Crippen LogP contribution >= 0.6 is 11.3 Å². The molecule has 1 amide bonds. The van der Waals surface area contributed by atoms with E-state index in [0.717, 1.165) is 11.1 Å². The van der Waals surface area contributed by atoms with Gasteiger partial charge in [0.05, 0.1) is 29.1 Å². The molecule has 4 rings (SSSR count). The van der Waals surface area contributed by atoms with E-state index in [1.54, 1.807) is 31.1 Å². The molecule has 0 bridgehead atoms. The zero-order valence-electron chi connectivity index (χ0n) is 14.9. The first-order valence-corrected chi connectivity index (χ1v) is 9.31. The van der Waals surface area contributed by atoms with Gasteiger partial charge >= 0.3 is 0 Å². The maximum Gasteiger partial charge on any atom is 0.257 e. The van der Waals surface area contributed by atoms with E-state index in [9.17, 15) is 9.18 Å². The number of aromatic nitrogens is 1. The van der Waals surface area contributed by atoms with Gasteiger partial charge in [0, 0.05) is 38.2 Å². The minimum absolute atomic E-state index is 0.236. The summed E-state index contributed by atoms with van der Waals surface area (Å²) in [4.78, 5) is 18.5. The predicted molar refractivity (Wildman–Crippen MR) is 104 cm³/mol. The summed E-state index contributed by atoms with van der Waals surface area (Å²) in [5.74, 6) is 0.481. The van der Waals surface area contributed by atoms with Crippen molar-refractivity contribution in [1.82, 2.24) is 4.98 Å². The van der Waals surface area contributed by atoms with Crippen molar-refractivity contribution < 1.29 is 18.7 Å².